The fourth-order valence-corrected chi connectivity index (χ4v) is 6.91. The second kappa shape index (κ2) is 9.97. The number of aromatic nitrogens is 2. The van der Waals surface area contributed by atoms with Crippen LogP contribution in [-0.4, -0.2) is 27.1 Å². The Bertz CT molecular complexity index is 1930. The molecule has 5 heteroatoms. The van der Waals surface area contributed by atoms with Crippen molar-refractivity contribution in [3.8, 4) is 17.2 Å². The predicted molar refractivity (Wildman–Crippen MR) is 176 cm³/mol. The molecule has 0 spiro atoms. The average molecular weight is 572 g/mol. The van der Waals surface area contributed by atoms with Gasteiger partial charge in [0.1, 0.15) is 23.3 Å². The Balaban J connectivity index is 1.30. The average Bonchev–Trinajstić information content (AvgIpc) is 3.48. The second-order valence-corrected chi connectivity index (χ2v) is 13.9. The van der Waals surface area contributed by atoms with Gasteiger partial charge in [-0.15, -0.1) is 0 Å². The van der Waals surface area contributed by atoms with E-state index in [1.165, 1.54) is 23.8 Å². The van der Waals surface area contributed by atoms with Crippen molar-refractivity contribution >= 4 is 27.8 Å². The van der Waals surface area contributed by atoms with Crippen LogP contribution >= 0.6 is 0 Å². The molecule has 5 nitrogen and oxygen atoms in total. The number of aryl methyl sites for hydroxylation is 3. The maximum atomic E-state index is 6.67. The van der Waals surface area contributed by atoms with E-state index in [0.29, 0.717) is 0 Å². The largest absolute Gasteiger partial charge is 0.472 e. The molecule has 0 N–H and O–H groups in total. The molecule has 0 saturated heterocycles. The third-order valence-corrected chi connectivity index (χ3v) is 9.37. The maximum Gasteiger partial charge on any atom is 0.217 e. The summed E-state index contributed by atoms with van der Waals surface area (Å²) in [6, 6.07) is 21.7. The fraction of sp³-hybridized carbons (Fsp3) is 0.368. The van der Waals surface area contributed by atoms with Crippen LogP contribution in [0.25, 0.3) is 27.6 Å². The number of hydrogen-bond acceptors (Lipinski definition) is 4. The standard InChI is InChI=1S/C38H41N3O2/c1-23-17-27(41-32-14-13-26(37(4,5)6)20-31(32)29-11-10-16-39-35(29)41)21-28(18-23)42-33-22-30(24(2)19-25(33)3)36-40-38(7)15-9-8-12-34(38)43-36/h10-11,13-14,16-22,34H,8-9,12,15H2,1-7H3/t34-,38-/m0/s1. The van der Waals surface area contributed by atoms with E-state index in [4.69, 9.17) is 19.5 Å². The van der Waals surface area contributed by atoms with E-state index in [1.54, 1.807) is 0 Å². The monoisotopic (exact) mass is 571 g/mol. The lowest BCUT2D eigenvalue weighted by Gasteiger charge is -2.31. The molecule has 0 bridgehead atoms. The van der Waals surface area contributed by atoms with Crippen LogP contribution in [0.5, 0.6) is 11.5 Å². The number of rotatable bonds is 4. The first-order chi connectivity index (χ1) is 20.5. The van der Waals surface area contributed by atoms with E-state index in [1.807, 2.05) is 12.3 Å². The quantitative estimate of drug-likeness (QED) is 0.216. The van der Waals surface area contributed by atoms with E-state index in [2.05, 4.69) is 108 Å². The van der Waals surface area contributed by atoms with E-state index >= 15 is 0 Å². The van der Waals surface area contributed by atoms with Gasteiger partial charge < -0.3 is 9.47 Å². The van der Waals surface area contributed by atoms with Gasteiger partial charge in [0, 0.05) is 28.6 Å². The summed E-state index contributed by atoms with van der Waals surface area (Å²) < 4.78 is 15.4. The molecule has 7 rings (SSSR count). The highest BCUT2D eigenvalue weighted by atomic mass is 16.5. The van der Waals surface area contributed by atoms with Crippen molar-refractivity contribution in [2.75, 3.05) is 0 Å². The van der Waals surface area contributed by atoms with Gasteiger partial charge in [0.25, 0.3) is 0 Å². The highest BCUT2D eigenvalue weighted by molar-refractivity contribution is 6.08. The van der Waals surface area contributed by atoms with Crippen molar-refractivity contribution in [2.24, 2.45) is 4.99 Å². The van der Waals surface area contributed by atoms with E-state index in [-0.39, 0.29) is 17.1 Å². The van der Waals surface area contributed by atoms with Gasteiger partial charge in [-0.3, -0.25) is 4.57 Å². The molecule has 3 aromatic carbocycles. The van der Waals surface area contributed by atoms with Crippen LogP contribution in [-0.2, 0) is 10.2 Å². The Kier molecular flexibility index (Phi) is 6.42. The molecular weight excluding hydrogens is 530 g/mol. The summed E-state index contributed by atoms with van der Waals surface area (Å²) in [6.07, 6.45) is 6.61. The molecule has 2 aliphatic rings. The van der Waals surface area contributed by atoms with Crippen LogP contribution in [0.4, 0.5) is 0 Å². The number of fused-ring (bicyclic) bond motifs is 4. The lowest BCUT2D eigenvalue weighted by molar-refractivity contribution is 0.104. The van der Waals surface area contributed by atoms with Crippen molar-refractivity contribution in [2.45, 2.75) is 91.2 Å². The molecule has 0 amide bonds. The van der Waals surface area contributed by atoms with Gasteiger partial charge in [-0.05, 0) is 117 Å². The zero-order valence-corrected chi connectivity index (χ0v) is 26.4. The van der Waals surface area contributed by atoms with E-state index in [0.717, 1.165) is 74.7 Å². The van der Waals surface area contributed by atoms with Gasteiger partial charge in [0.2, 0.25) is 5.90 Å². The smallest absolute Gasteiger partial charge is 0.217 e. The molecule has 0 radical (unpaired) electrons. The molecule has 1 aliphatic carbocycles. The summed E-state index contributed by atoms with van der Waals surface area (Å²) in [6.45, 7) is 15.4. The number of nitrogens with zero attached hydrogens (tertiary/aromatic N) is 3. The van der Waals surface area contributed by atoms with E-state index in [9.17, 15) is 0 Å². The van der Waals surface area contributed by atoms with E-state index < -0.39 is 0 Å². The van der Waals surface area contributed by atoms with Crippen molar-refractivity contribution < 1.29 is 9.47 Å². The van der Waals surface area contributed by atoms with Crippen LogP contribution in [0.15, 0.2) is 71.9 Å². The second-order valence-electron chi connectivity index (χ2n) is 13.9. The molecule has 2 atom stereocenters. The normalized spacial score (nSPS) is 20.3. The number of aliphatic imine (C=N–C) groups is 1. The Morgan fingerprint density at radius 3 is 2.56 bits per heavy atom. The highest BCUT2D eigenvalue weighted by Crippen LogP contribution is 2.41. The van der Waals surface area contributed by atoms with Crippen LogP contribution in [0.3, 0.4) is 0 Å². The van der Waals surface area contributed by atoms with Crippen molar-refractivity contribution in [1.29, 1.82) is 0 Å². The topological polar surface area (TPSA) is 48.6 Å². The maximum absolute atomic E-state index is 6.67. The van der Waals surface area contributed by atoms with Crippen LogP contribution < -0.4 is 4.74 Å². The molecule has 3 heterocycles. The van der Waals surface area contributed by atoms with Gasteiger partial charge in [-0.2, -0.15) is 0 Å². The Morgan fingerprint density at radius 2 is 1.77 bits per heavy atom. The Hall–Kier alpha value is -4.12. The molecule has 5 aromatic rings. The fourth-order valence-electron chi connectivity index (χ4n) is 6.91. The SMILES string of the molecule is Cc1cc(Oc2cc(C3=N[C@@]4(C)CCCC[C@@H]4O3)c(C)cc2C)cc(-n2c3ccc(C(C)(C)C)cc3c3cccnc32)c1. The first-order valence-corrected chi connectivity index (χ1v) is 15.6. The third kappa shape index (κ3) is 4.79. The van der Waals surface area contributed by atoms with Gasteiger partial charge in [0.05, 0.1) is 16.7 Å². The lowest BCUT2D eigenvalue weighted by Crippen LogP contribution is -2.37. The Labute approximate surface area is 254 Å². The van der Waals surface area contributed by atoms with Gasteiger partial charge in [-0.25, -0.2) is 9.98 Å². The summed E-state index contributed by atoms with van der Waals surface area (Å²) >= 11 is 0. The summed E-state index contributed by atoms with van der Waals surface area (Å²) in [5.41, 5.74) is 8.74. The summed E-state index contributed by atoms with van der Waals surface area (Å²) in [5.74, 6) is 2.37. The number of benzene rings is 3. The first kappa shape index (κ1) is 27.7. The summed E-state index contributed by atoms with van der Waals surface area (Å²) in [4.78, 5) is 9.96. The molecule has 220 valence electrons. The van der Waals surface area contributed by atoms with Gasteiger partial charge >= 0.3 is 0 Å². The third-order valence-electron chi connectivity index (χ3n) is 9.37. The van der Waals surface area contributed by atoms with Gasteiger partial charge in [-0.1, -0.05) is 39.3 Å². The molecule has 2 aromatic heterocycles. The molecule has 1 aliphatic heterocycles. The molecule has 43 heavy (non-hydrogen) atoms. The minimum atomic E-state index is -0.124. The zero-order chi connectivity index (χ0) is 30.1. The number of pyridine rings is 1. The lowest BCUT2D eigenvalue weighted by atomic mass is 9.82. The zero-order valence-electron chi connectivity index (χ0n) is 26.4. The first-order valence-electron chi connectivity index (χ1n) is 15.6. The van der Waals surface area contributed by atoms with Crippen LogP contribution in [0, 0.1) is 20.8 Å². The molecule has 1 fully saturated rings. The molecular formula is C38H41N3O2. The number of hydrogen-bond donors (Lipinski definition) is 0. The number of ether oxygens (including phenoxy) is 2. The van der Waals surface area contributed by atoms with Crippen molar-refractivity contribution in [3.05, 3.63) is 94.7 Å². The van der Waals surface area contributed by atoms with Crippen molar-refractivity contribution in [3.63, 3.8) is 0 Å². The minimum absolute atomic E-state index is 0.0603. The molecule has 1 saturated carbocycles. The Morgan fingerprint density at radius 1 is 0.930 bits per heavy atom. The summed E-state index contributed by atoms with van der Waals surface area (Å²) in [5, 5.41) is 2.36. The minimum Gasteiger partial charge on any atom is -0.472 e. The summed E-state index contributed by atoms with van der Waals surface area (Å²) in [7, 11) is 0. The molecule has 0 unspecified atom stereocenters. The van der Waals surface area contributed by atoms with Crippen molar-refractivity contribution in [1.82, 2.24) is 9.55 Å². The van der Waals surface area contributed by atoms with Crippen LogP contribution in [0.2, 0.25) is 0 Å². The van der Waals surface area contributed by atoms with Gasteiger partial charge in [0.15, 0.2) is 0 Å². The predicted octanol–water partition coefficient (Wildman–Crippen LogP) is 9.67. The highest BCUT2D eigenvalue weighted by Gasteiger charge is 2.44. The van der Waals surface area contributed by atoms with Crippen LogP contribution in [0.1, 0.15) is 81.2 Å².